The molecule has 0 aliphatic rings. The number of methoxy groups -OCH3 is 1. The lowest BCUT2D eigenvalue weighted by Gasteiger charge is -2.08. The topological polar surface area (TPSA) is 50.4 Å². The molecule has 0 spiro atoms. The highest BCUT2D eigenvalue weighted by Crippen LogP contribution is 2.14. The predicted octanol–water partition coefficient (Wildman–Crippen LogP) is 2.09. The zero-order valence-electron chi connectivity index (χ0n) is 9.75. The van der Waals surface area contributed by atoms with Crippen molar-refractivity contribution in [1.82, 2.24) is 0 Å². The van der Waals surface area contributed by atoms with Gasteiger partial charge in [0.15, 0.2) is 0 Å². The molecule has 4 nitrogen and oxygen atoms in total. The number of hydrogen-bond acceptors (Lipinski definition) is 3. The highest BCUT2D eigenvalue weighted by atomic mass is 16.5. The van der Waals surface area contributed by atoms with E-state index in [4.69, 9.17) is 4.74 Å². The van der Waals surface area contributed by atoms with E-state index in [1.807, 2.05) is 24.3 Å². The summed E-state index contributed by atoms with van der Waals surface area (Å²) in [5.74, 6) is -0.143. The van der Waals surface area contributed by atoms with Crippen molar-refractivity contribution < 1.29 is 9.53 Å². The summed E-state index contributed by atoms with van der Waals surface area (Å²) in [6, 6.07) is 7.63. The Morgan fingerprint density at radius 1 is 1.38 bits per heavy atom. The highest BCUT2D eigenvalue weighted by molar-refractivity contribution is 5.92. The summed E-state index contributed by atoms with van der Waals surface area (Å²) in [6.45, 7) is 3.11. The van der Waals surface area contributed by atoms with Crippen molar-refractivity contribution in [2.24, 2.45) is 0 Å². The number of hydrogen-bond donors (Lipinski definition) is 2. The van der Waals surface area contributed by atoms with Crippen LogP contribution >= 0.6 is 0 Å². The van der Waals surface area contributed by atoms with Crippen LogP contribution in [0.4, 0.5) is 11.4 Å². The van der Waals surface area contributed by atoms with Gasteiger partial charge in [-0.25, -0.2) is 0 Å². The number of ether oxygens (including phenoxy) is 1. The van der Waals surface area contributed by atoms with E-state index in [2.05, 4.69) is 17.6 Å². The maximum Gasteiger partial charge on any atom is 0.250 e. The molecule has 0 saturated carbocycles. The quantitative estimate of drug-likeness (QED) is 0.775. The molecule has 0 aliphatic heterocycles. The third-order valence-corrected chi connectivity index (χ3v) is 2.00. The van der Waals surface area contributed by atoms with Crippen LogP contribution in [0.3, 0.4) is 0 Å². The van der Waals surface area contributed by atoms with Gasteiger partial charge in [0.25, 0.3) is 0 Å². The number of nitrogens with one attached hydrogen (secondary N) is 2. The molecule has 0 fully saturated rings. The van der Waals surface area contributed by atoms with Crippen molar-refractivity contribution in [3.8, 4) is 0 Å². The van der Waals surface area contributed by atoms with E-state index in [1.54, 1.807) is 0 Å². The zero-order chi connectivity index (χ0) is 11.8. The Bertz CT molecular complexity index is 340. The maximum absolute atomic E-state index is 11.3. The molecule has 0 heterocycles. The van der Waals surface area contributed by atoms with Crippen molar-refractivity contribution in [2.75, 3.05) is 30.9 Å². The second-order valence-corrected chi connectivity index (χ2v) is 3.49. The molecule has 1 aromatic carbocycles. The van der Waals surface area contributed by atoms with Gasteiger partial charge in [-0.1, -0.05) is 13.0 Å². The maximum atomic E-state index is 11.3. The Hall–Kier alpha value is -1.55. The summed E-state index contributed by atoms with van der Waals surface area (Å²) in [4.78, 5) is 11.3. The van der Waals surface area contributed by atoms with Crippen LogP contribution in [-0.2, 0) is 9.53 Å². The van der Waals surface area contributed by atoms with Gasteiger partial charge in [-0.3, -0.25) is 4.79 Å². The molecule has 0 radical (unpaired) electrons. The molecule has 1 rings (SSSR count). The van der Waals surface area contributed by atoms with E-state index in [0.717, 1.165) is 24.3 Å². The van der Waals surface area contributed by atoms with Gasteiger partial charge in [-0.05, 0) is 24.6 Å². The fourth-order valence-electron chi connectivity index (χ4n) is 1.30. The first-order valence-corrected chi connectivity index (χ1v) is 5.39. The smallest absolute Gasteiger partial charge is 0.250 e. The summed E-state index contributed by atoms with van der Waals surface area (Å²) in [7, 11) is 1.50. The average molecular weight is 222 g/mol. The molecule has 1 amide bonds. The van der Waals surface area contributed by atoms with E-state index < -0.39 is 0 Å². The lowest BCUT2D eigenvalue weighted by molar-refractivity contribution is -0.119. The Labute approximate surface area is 96.0 Å². The van der Waals surface area contributed by atoms with Crippen LogP contribution in [0.25, 0.3) is 0 Å². The van der Waals surface area contributed by atoms with Crippen molar-refractivity contribution in [1.29, 1.82) is 0 Å². The summed E-state index contributed by atoms with van der Waals surface area (Å²) in [5.41, 5.74) is 1.79. The van der Waals surface area contributed by atoms with Gasteiger partial charge in [0.1, 0.15) is 6.61 Å². The lowest BCUT2D eigenvalue weighted by atomic mass is 10.2. The molecule has 0 bridgehead atoms. The lowest BCUT2D eigenvalue weighted by Crippen LogP contribution is -2.17. The fourth-order valence-corrected chi connectivity index (χ4v) is 1.30. The van der Waals surface area contributed by atoms with Crippen LogP contribution in [0, 0.1) is 0 Å². The normalized spacial score (nSPS) is 9.88. The summed E-state index contributed by atoms with van der Waals surface area (Å²) >= 11 is 0. The third-order valence-electron chi connectivity index (χ3n) is 2.00. The molecule has 2 N–H and O–H groups in total. The molecule has 0 atom stereocenters. The minimum absolute atomic E-state index is 0.0760. The van der Waals surface area contributed by atoms with Crippen LogP contribution in [0.15, 0.2) is 24.3 Å². The van der Waals surface area contributed by atoms with Crippen molar-refractivity contribution in [2.45, 2.75) is 13.3 Å². The Morgan fingerprint density at radius 3 is 2.81 bits per heavy atom. The summed E-state index contributed by atoms with van der Waals surface area (Å²) in [6.07, 6.45) is 1.07. The molecular formula is C12H18N2O2. The van der Waals surface area contributed by atoms with Crippen LogP contribution < -0.4 is 10.6 Å². The van der Waals surface area contributed by atoms with Crippen LogP contribution in [-0.4, -0.2) is 26.2 Å². The number of amides is 1. The first-order chi connectivity index (χ1) is 7.76. The van der Waals surface area contributed by atoms with Gasteiger partial charge in [-0.15, -0.1) is 0 Å². The Balaban J connectivity index is 2.56. The first-order valence-electron chi connectivity index (χ1n) is 5.39. The van der Waals surface area contributed by atoms with E-state index in [1.165, 1.54) is 7.11 Å². The largest absolute Gasteiger partial charge is 0.385 e. The molecule has 0 saturated heterocycles. The van der Waals surface area contributed by atoms with Crippen LogP contribution in [0.5, 0.6) is 0 Å². The summed E-state index contributed by atoms with van der Waals surface area (Å²) < 4.78 is 4.74. The van der Waals surface area contributed by atoms with E-state index in [9.17, 15) is 4.79 Å². The Kier molecular flexibility index (Phi) is 5.36. The Morgan fingerprint density at radius 2 is 2.12 bits per heavy atom. The number of anilines is 2. The predicted molar refractivity (Wildman–Crippen MR) is 65.7 cm³/mol. The molecule has 0 aliphatic carbocycles. The molecule has 4 heteroatoms. The number of rotatable bonds is 6. The van der Waals surface area contributed by atoms with Gasteiger partial charge in [0.2, 0.25) is 5.91 Å². The number of carbonyl (C=O) groups excluding carboxylic acids is 1. The van der Waals surface area contributed by atoms with E-state index in [-0.39, 0.29) is 12.5 Å². The van der Waals surface area contributed by atoms with Gasteiger partial charge < -0.3 is 15.4 Å². The number of benzene rings is 1. The van der Waals surface area contributed by atoms with Crippen molar-refractivity contribution in [3.05, 3.63) is 24.3 Å². The van der Waals surface area contributed by atoms with Gasteiger partial charge >= 0.3 is 0 Å². The average Bonchev–Trinajstić information content (AvgIpc) is 2.27. The van der Waals surface area contributed by atoms with Gasteiger partial charge in [-0.2, -0.15) is 0 Å². The monoisotopic (exact) mass is 222 g/mol. The van der Waals surface area contributed by atoms with Crippen molar-refractivity contribution >= 4 is 17.3 Å². The van der Waals surface area contributed by atoms with Gasteiger partial charge in [0.05, 0.1) is 0 Å². The molecule has 1 aromatic rings. The summed E-state index contributed by atoms with van der Waals surface area (Å²) in [5, 5.41) is 6.01. The SMILES string of the molecule is CCCNc1cccc(NC(=O)COC)c1. The number of carbonyl (C=O) groups is 1. The molecule has 88 valence electrons. The molecule has 0 aromatic heterocycles. The first kappa shape index (κ1) is 12.5. The molecule has 16 heavy (non-hydrogen) atoms. The molecular weight excluding hydrogens is 204 g/mol. The highest BCUT2D eigenvalue weighted by Gasteiger charge is 2.01. The van der Waals surface area contributed by atoms with E-state index in [0.29, 0.717) is 0 Å². The fraction of sp³-hybridized carbons (Fsp3) is 0.417. The zero-order valence-corrected chi connectivity index (χ0v) is 9.75. The second-order valence-electron chi connectivity index (χ2n) is 3.49. The molecule has 0 unspecified atom stereocenters. The third kappa shape index (κ3) is 4.31. The van der Waals surface area contributed by atoms with Gasteiger partial charge in [0, 0.05) is 25.0 Å². The van der Waals surface area contributed by atoms with Crippen molar-refractivity contribution in [3.63, 3.8) is 0 Å². The van der Waals surface area contributed by atoms with Crippen LogP contribution in [0.1, 0.15) is 13.3 Å². The van der Waals surface area contributed by atoms with E-state index >= 15 is 0 Å². The van der Waals surface area contributed by atoms with Crippen LogP contribution in [0.2, 0.25) is 0 Å². The standard InChI is InChI=1S/C12H18N2O2/c1-3-7-13-10-5-4-6-11(8-10)14-12(15)9-16-2/h4-6,8,13H,3,7,9H2,1-2H3,(H,14,15). The minimum atomic E-state index is -0.143. The second kappa shape index (κ2) is 6.85. The minimum Gasteiger partial charge on any atom is -0.385 e.